The molecular formula is C5HF6O4P. The summed E-state index contributed by atoms with van der Waals surface area (Å²) in [4.78, 5) is 8.24. The first kappa shape index (κ1) is 13.1. The van der Waals surface area contributed by atoms with Gasteiger partial charge in [-0.15, -0.1) is 0 Å². The molecule has 4 nitrogen and oxygen atoms in total. The number of phosphoric acid groups is 1. The number of allylic oxidation sites excluding steroid dienone is 3. The molecule has 0 radical (unpaired) electrons. The van der Waals surface area contributed by atoms with E-state index in [2.05, 4.69) is 9.25 Å². The van der Waals surface area contributed by atoms with Crippen LogP contribution in [0, 0.1) is 0 Å². The third-order valence-corrected chi connectivity index (χ3v) is 2.03. The summed E-state index contributed by atoms with van der Waals surface area (Å²) in [6.07, 6.45) is 0. The number of phosphoric ester groups is 1. The van der Waals surface area contributed by atoms with Crippen LogP contribution in [0.5, 0.6) is 0 Å². The van der Waals surface area contributed by atoms with E-state index in [0.29, 0.717) is 0 Å². The van der Waals surface area contributed by atoms with Gasteiger partial charge in [-0.1, -0.05) is 4.73 Å². The number of hydrogen-bond acceptors (Lipinski definition) is 3. The molecule has 0 saturated carbocycles. The monoisotopic (exact) mass is 270 g/mol. The molecule has 1 atom stereocenters. The highest BCUT2D eigenvalue weighted by molar-refractivity contribution is 7.47. The Morgan fingerprint density at radius 2 is 1.69 bits per heavy atom. The molecule has 0 aromatic rings. The standard InChI is InChI=1S/C5HF6O4P/c6-1-2(7)4(5(9,10)3(1)8)14-16(12,13)15-11/h(H,12,13). The summed E-state index contributed by atoms with van der Waals surface area (Å²) in [6, 6.07) is 0. The maximum absolute atomic E-state index is 12.7. The molecule has 0 fully saturated rings. The van der Waals surface area contributed by atoms with Crippen molar-refractivity contribution in [3.63, 3.8) is 0 Å². The highest BCUT2D eigenvalue weighted by Gasteiger charge is 2.55. The Morgan fingerprint density at radius 1 is 1.19 bits per heavy atom. The molecule has 0 aromatic carbocycles. The van der Waals surface area contributed by atoms with Crippen LogP contribution >= 0.6 is 7.82 Å². The lowest BCUT2D eigenvalue weighted by molar-refractivity contribution is -0.0547. The largest absolute Gasteiger partial charge is 0.559 e. The lowest BCUT2D eigenvalue weighted by atomic mass is 10.3. The summed E-state index contributed by atoms with van der Waals surface area (Å²) >= 11 is 0. The second kappa shape index (κ2) is 3.79. The zero-order chi connectivity index (χ0) is 12.7. The molecule has 92 valence electrons. The molecule has 11 heteroatoms. The molecule has 16 heavy (non-hydrogen) atoms. The molecule has 0 aromatic heterocycles. The minimum atomic E-state index is -5.70. The Balaban J connectivity index is 3.14. The molecule has 0 bridgehead atoms. The third-order valence-electron chi connectivity index (χ3n) is 1.44. The fourth-order valence-corrected chi connectivity index (χ4v) is 1.25. The van der Waals surface area contributed by atoms with Crippen LogP contribution in [-0.4, -0.2) is 10.8 Å². The van der Waals surface area contributed by atoms with E-state index in [0.717, 1.165) is 0 Å². The smallest absolute Gasteiger partial charge is 0.397 e. The quantitative estimate of drug-likeness (QED) is 0.632. The van der Waals surface area contributed by atoms with Gasteiger partial charge in [0.15, 0.2) is 0 Å². The second-order valence-electron chi connectivity index (χ2n) is 2.47. The molecule has 1 aliphatic rings. The number of alkyl halides is 2. The molecule has 0 heterocycles. The van der Waals surface area contributed by atoms with E-state index >= 15 is 0 Å². The van der Waals surface area contributed by atoms with E-state index in [9.17, 15) is 31.0 Å². The molecule has 1 N–H and O–H groups in total. The summed E-state index contributed by atoms with van der Waals surface area (Å²) in [5.41, 5.74) is 0. The van der Waals surface area contributed by atoms with E-state index < -0.39 is 37.0 Å². The number of rotatable bonds is 3. The molecule has 0 aliphatic heterocycles. The Labute approximate surface area is 83.3 Å². The summed E-state index contributed by atoms with van der Waals surface area (Å²) in [7, 11) is -5.70. The lowest BCUT2D eigenvalue weighted by Crippen LogP contribution is -2.19. The predicted molar refractivity (Wildman–Crippen MR) is 35.4 cm³/mol. The highest BCUT2D eigenvalue weighted by Crippen LogP contribution is 2.55. The maximum atomic E-state index is 12.7. The van der Waals surface area contributed by atoms with Gasteiger partial charge in [-0.05, 0) is 4.53 Å². The fraction of sp³-hybridized carbons (Fsp3) is 0.200. The van der Waals surface area contributed by atoms with Crippen molar-refractivity contribution in [2.45, 2.75) is 5.92 Å². The first-order chi connectivity index (χ1) is 7.13. The predicted octanol–water partition coefficient (Wildman–Crippen LogP) is 2.99. The summed E-state index contributed by atoms with van der Waals surface area (Å²) in [6.45, 7) is 0. The average molecular weight is 270 g/mol. The van der Waals surface area contributed by atoms with Gasteiger partial charge in [-0.25, -0.2) is 13.3 Å². The minimum Gasteiger partial charge on any atom is -0.397 e. The van der Waals surface area contributed by atoms with E-state index in [1.165, 1.54) is 0 Å². The summed E-state index contributed by atoms with van der Waals surface area (Å²) in [5, 5.41) is 0. The van der Waals surface area contributed by atoms with Crippen molar-refractivity contribution in [2.24, 2.45) is 0 Å². The average Bonchev–Trinajstić information content (AvgIpc) is 2.33. The molecule has 0 amide bonds. The van der Waals surface area contributed by atoms with Gasteiger partial charge in [-0.2, -0.15) is 13.2 Å². The highest BCUT2D eigenvalue weighted by atomic mass is 31.2. The Bertz CT molecular complexity index is 429. The summed E-state index contributed by atoms with van der Waals surface area (Å²) in [5.74, 6) is -15.4. The first-order valence-corrected chi connectivity index (χ1v) is 4.80. The zero-order valence-electron chi connectivity index (χ0n) is 6.89. The van der Waals surface area contributed by atoms with Gasteiger partial charge in [-0.3, -0.25) is 4.89 Å². The van der Waals surface area contributed by atoms with Crippen LogP contribution < -0.4 is 0 Å². The lowest BCUT2D eigenvalue weighted by Gasteiger charge is -2.14. The Kier molecular flexibility index (Phi) is 3.10. The van der Waals surface area contributed by atoms with Gasteiger partial charge < -0.3 is 4.52 Å². The van der Waals surface area contributed by atoms with Crippen molar-refractivity contribution in [3.05, 3.63) is 23.2 Å². The first-order valence-electron chi connectivity index (χ1n) is 3.30. The van der Waals surface area contributed by atoms with Crippen LogP contribution in [0.3, 0.4) is 0 Å². The van der Waals surface area contributed by atoms with Crippen molar-refractivity contribution in [3.8, 4) is 0 Å². The number of halogens is 6. The maximum Gasteiger partial charge on any atom is 0.559 e. The van der Waals surface area contributed by atoms with Gasteiger partial charge in [0.05, 0.1) is 0 Å². The van der Waals surface area contributed by atoms with Gasteiger partial charge in [0.2, 0.25) is 23.2 Å². The van der Waals surface area contributed by atoms with Crippen LogP contribution in [0.25, 0.3) is 0 Å². The molecule has 0 saturated heterocycles. The molecule has 1 unspecified atom stereocenters. The molecule has 1 aliphatic carbocycles. The second-order valence-corrected chi connectivity index (χ2v) is 3.73. The van der Waals surface area contributed by atoms with Gasteiger partial charge >= 0.3 is 13.7 Å². The van der Waals surface area contributed by atoms with Crippen LogP contribution in [0.4, 0.5) is 26.5 Å². The molecule has 0 spiro atoms. The fourth-order valence-electron chi connectivity index (χ4n) is 0.798. The molecular weight excluding hydrogens is 269 g/mol. The number of hydrogen-bond donors (Lipinski definition) is 1. The summed E-state index contributed by atoms with van der Waals surface area (Å²) < 4.78 is 89.6. The van der Waals surface area contributed by atoms with E-state index in [4.69, 9.17) is 4.89 Å². The van der Waals surface area contributed by atoms with Crippen molar-refractivity contribution < 1.29 is 45.2 Å². The van der Waals surface area contributed by atoms with Gasteiger partial charge in [0.25, 0.3) is 0 Å². The normalized spacial score (nSPS) is 23.7. The van der Waals surface area contributed by atoms with Gasteiger partial charge in [0, 0.05) is 0 Å². The minimum absolute atomic E-state index is 2.20. The van der Waals surface area contributed by atoms with Crippen LogP contribution in [0.2, 0.25) is 0 Å². The van der Waals surface area contributed by atoms with Gasteiger partial charge in [0.1, 0.15) is 0 Å². The SMILES string of the molecule is O=P(O)(OF)OC1=C(F)C(F)=C(F)C1(F)F. The Hall–Kier alpha value is -0.990. The van der Waals surface area contributed by atoms with Crippen LogP contribution in [-0.2, 0) is 13.8 Å². The zero-order valence-corrected chi connectivity index (χ0v) is 7.78. The molecule has 1 rings (SSSR count). The van der Waals surface area contributed by atoms with Crippen molar-refractivity contribution in [1.29, 1.82) is 0 Å². The Morgan fingerprint density at radius 3 is 2.00 bits per heavy atom. The van der Waals surface area contributed by atoms with Crippen molar-refractivity contribution in [1.82, 2.24) is 0 Å². The van der Waals surface area contributed by atoms with Crippen LogP contribution in [0.1, 0.15) is 0 Å². The van der Waals surface area contributed by atoms with Crippen molar-refractivity contribution >= 4 is 7.82 Å². The van der Waals surface area contributed by atoms with Crippen molar-refractivity contribution in [2.75, 3.05) is 0 Å². The topological polar surface area (TPSA) is 55.8 Å². The van der Waals surface area contributed by atoms with E-state index in [1.807, 2.05) is 0 Å². The van der Waals surface area contributed by atoms with Crippen LogP contribution in [0.15, 0.2) is 23.2 Å². The third kappa shape index (κ3) is 1.95. The van der Waals surface area contributed by atoms with E-state index in [-0.39, 0.29) is 0 Å². The van der Waals surface area contributed by atoms with E-state index in [1.54, 1.807) is 0 Å².